The smallest absolute Gasteiger partial charge is 0.340 e. The summed E-state index contributed by atoms with van der Waals surface area (Å²) in [6.07, 6.45) is 0. The van der Waals surface area contributed by atoms with Crippen molar-refractivity contribution < 1.29 is 17.5 Å². The molecule has 0 N–H and O–H groups in total. The van der Waals surface area contributed by atoms with Crippen LogP contribution in [0.1, 0.15) is 0 Å². The highest BCUT2D eigenvalue weighted by Gasteiger charge is 2.22. The molecule has 0 heterocycles. The first-order valence-electron chi connectivity index (χ1n) is 5.44. The van der Waals surface area contributed by atoms with Gasteiger partial charge in [0.15, 0.2) is 5.75 Å². The van der Waals surface area contributed by atoms with Crippen molar-refractivity contribution in [2.75, 3.05) is 0 Å². The zero-order valence-corrected chi connectivity index (χ0v) is 13.4. The minimum absolute atomic E-state index is 0.0700. The van der Waals surface area contributed by atoms with E-state index in [2.05, 4.69) is 15.9 Å². The summed E-state index contributed by atoms with van der Waals surface area (Å²) in [7, 11) is -4.10. The summed E-state index contributed by atoms with van der Waals surface area (Å²) in [5.41, 5.74) is -0.259. The Morgan fingerprint density at radius 1 is 1.19 bits per heavy atom. The average Bonchev–Trinajstić information content (AvgIpc) is 2.41. The van der Waals surface area contributed by atoms with Crippen molar-refractivity contribution in [1.82, 2.24) is 0 Å². The molecule has 6 nitrogen and oxygen atoms in total. The SMILES string of the molecule is O=[N+]([O-])c1ccc(OS(=O)(=O)c2ccccc2Br)c(Cl)c1. The van der Waals surface area contributed by atoms with E-state index in [-0.39, 0.29) is 21.4 Å². The summed E-state index contributed by atoms with van der Waals surface area (Å²) in [5.74, 6) is -0.182. The van der Waals surface area contributed by atoms with Gasteiger partial charge in [-0.2, -0.15) is 8.42 Å². The summed E-state index contributed by atoms with van der Waals surface area (Å²) in [4.78, 5) is 9.89. The molecule has 0 saturated carbocycles. The number of hydrogen-bond acceptors (Lipinski definition) is 5. The number of non-ortho nitro benzene ring substituents is 1. The minimum Gasteiger partial charge on any atom is -0.377 e. The first-order valence-corrected chi connectivity index (χ1v) is 8.02. The minimum atomic E-state index is -4.10. The van der Waals surface area contributed by atoms with E-state index in [0.29, 0.717) is 4.47 Å². The van der Waals surface area contributed by atoms with Crippen molar-refractivity contribution in [2.24, 2.45) is 0 Å². The van der Waals surface area contributed by atoms with Gasteiger partial charge >= 0.3 is 10.1 Å². The van der Waals surface area contributed by atoms with Gasteiger partial charge in [0.05, 0.1) is 9.95 Å². The van der Waals surface area contributed by atoms with Crippen LogP contribution < -0.4 is 4.18 Å². The van der Waals surface area contributed by atoms with Gasteiger partial charge in [-0.05, 0) is 34.1 Å². The Morgan fingerprint density at radius 2 is 1.86 bits per heavy atom. The molecule has 0 aliphatic heterocycles. The molecule has 2 aromatic carbocycles. The van der Waals surface area contributed by atoms with Crippen molar-refractivity contribution in [3.63, 3.8) is 0 Å². The number of nitro groups is 1. The normalized spacial score (nSPS) is 11.1. The van der Waals surface area contributed by atoms with E-state index in [1.165, 1.54) is 6.07 Å². The molecule has 110 valence electrons. The van der Waals surface area contributed by atoms with Gasteiger partial charge in [-0.25, -0.2) is 0 Å². The molecule has 0 unspecified atom stereocenters. The van der Waals surface area contributed by atoms with E-state index < -0.39 is 15.0 Å². The maximum Gasteiger partial charge on any atom is 0.340 e. The van der Waals surface area contributed by atoms with Crippen LogP contribution in [0.15, 0.2) is 51.8 Å². The van der Waals surface area contributed by atoms with Gasteiger partial charge in [0.2, 0.25) is 0 Å². The fraction of sp³-hybridized carbons (Fsp3) is 0. The van der Waals surface area contributed by atoms with Crippen molar-refractivity contribution >= 4 is 43.3 Å². The lowest BCUT2D eigenvalue weighted by atomic mass is 10.3. The van der Waals surface area contributed by atoms with Crippen molar-refractivity contribution in [1.29, 1.82) is 0 Å². The molecule has 9 heteroatoms. The van der Waals surface area contributed by atoms with Crippen LogP contribution in [-0.4, -0.2) is 13.3 Å². The van der Waals surface area contributed by atoms with Gasteiger partial charge in [0, 0.05) is 16.6 Å². The molecule has 0 atom stereocenters. The standard InChI is InChI=1S/C12H7BrClNO5S/c13-9-3-1-2-4-12(9)21(18,19)20-11-6-5-8(15(16)17)7-10(11)14/h1-7H. The molecule has 0 aliphatic rings. The quantitative estimate of drug-likeness (QED) is 0.449. The number of halogens is 2. The summed E-state index contributed by atoms with van der Waals surface area (Å²) < 4.78 is 29.6. The third kappa shape index (κ3) is 3.52. The van der Waals surface area contributed by atoms with E-state index in [1.807, 2.05) is 0 Å². The maximum atomic E-state index is 12.1. The summed E-state index contributed by atoms with van der Waals surface area (Å²) in [5, 5.41) is 10.4. The molecule has 0 spiro atoms. The monoisotopic (exact) mass is 391 g/mol. The highest BCUT2D eigenvalue weighted by molar-refractivity contribution is 9.10. The Morgan fingerprint density at radius 3 is 2.43 bits per heavy atom. The molecule has 0 fully saturated rings. The second-order valence-corrected chi connectivity index (χ2v) is 6.62. The van der Waals surface area contributed by atoms with E-state index in [9.17, 15) is 18.5 Å². The summed E-state index contributed by atoms with van der Waals surface area (Å²) in [6, 6.07) is 9.37. The van der Waals surface area contributed by atoms with Gasteiger partial charge < -0.3 is 4.18 Å². The Bertz CT molecular complexity index is 809. The highest BCUT2D eigenvalue weighted by atomic mass is 79.9. The predicted molar refractivity (Wildman–Crippen MR) is 80.1 cm³/mol. The molecule has 21 heavy (non-hydrogen) atoms. The average molecular weight is 393 g/mol. The maximum absolute atomic E-state index is 12.1. The number of rotatable bonds is 4. The van der Waals surface area contributed by atoms with Crippen molar-refractivity contribution in [2.45, 2.75) is 4.90 Å². The summed E-state index contributed by atoms with van der Waals surface area (Å²) in [6.45, 7) is 0. The van der Waals surface area contributed by atoms with Crippen LogP contribution in [0.2, 0.25) is 5.02 Å². The second kappa shape index (κ2) is 6.00. The molecule has 0 radical (unpaired) electrons. The molecule has 0 amide bonds. The third-order valence-corrected chi connectivity index (χ3v) is 4.97. The van der Waals surface area contributed by atoms with Crippen LogP contribution in [0, 0.1) is 10.1 Å². The van der Waals surface area contributed by atoms with Crippen LogP contribution in [0.5, 0.6) is 5.75 Å². The lowest BCUT2D eigenvalue weighted by Gasteiger charge is -2.09. The van der Waals surface area contributed by atoms with Gasteiger partial charge in [-0.1, -0.05) is 23.7 Å². The van der Waals surface area contributed by atoms with Gasteiger partial charge in [-0.15, -0.1) is 0 Å². The lowest BCUT2D eigenvalue weighted by Crippen LogP contribution is -2.10. The van der Waals surface area contributed by atoms with Gasteiger partial charge in [0.1, 0.15) is 4.90 Å². The Hall–Kier alpha value is -1.64. The Balaban J connectivity index is 2.38. The van der Waals surface area contributed by atoms with Gasteiger partial charge in [0.25, 0.3) is 5.69 Å². The number of nitro benzene ring substituents is 1. The van der Waals surface area contributed by atoms with E-state index in [0.717, 1.165) is 18.2 Å². The molecular formula is C12H7BrClNO5S. The fourth-order valence-corrected chi connectivity index (χ4v) is 3.64. The molecule has 0 saturated heterocycles. The summed E-state index contributed by atoms with van der Waals surface area (Å²) >= 11 is 8.91. The molecule has 2 aromatic rings. The van der Waals surface area contributed by atoms with E-state index in [1.54, 1.807) is 18.2 Å². The lowest BCUT2D eigenvalue weighted by molar-refractivity contribution is -0.384. The third-order valence-electron chi connectivity index (χ3n) is 2.43. The van der Waals surface area contributed by atoms with Crippen LogP contribution >= 0.6 is 27.5 Å². The molecule has 0 bridgehead atoms. The number of hydrogen-bond donors (Lipinski definition) is 0. The van der Waals surface area contributed by atoms with Crippen LogP contribution in [0.3, 0.4) is 0 Å². The van der Waals surface area contributed by atoms with Crippen LogP contribution in [-0.2, 0) is 10.1 Å². The van der Waals surface area contributed by atoms with Gasteiger partial charge in [-0.3, -0.25) is 10.1 Å². The molecule has 0 aromatic heterocycles. The number of nitrogens with zero attached hydrogens (tertiary/aromatic N) is 1. The predicted octanol–water partition coefficient (Wildman–Crippen LogP) is 3.78. The number of benzene rings is 2. The fourth-order valence-electron chi connectivity index (χ4n) is 1.48. The highest BCUT2D eigenvalue weighted by Crippen LogP contribution is 2.32. The molecule has 0 aliphatic carbocycles. The second-order valence-electron chi connectivity index (χ2n) is 3.84. The molecular weight excluding hydrogens is 386 g/mol. The van der Waals surface area contributed by atoms with Crippen molar-refractivity contribution in [3.05, 3.63) is 62.1 Å². The van der Waals surface area contributed by atoms with E-state index in [4.69, 9.17) is 15.8 Å². The Labute approximate surface area is 133 Å². The Kier molecular flexibility index (Phi) is 4.50. The zero-order chi connectivity index (χ0) is 15.6. The largest absolute Gasteiger partial charge is 0.377 e. The van der Waals surface area contributed by atoms with Crippen LogP contribution in [0.25, 0.3) is 0 Å². The topological polar surface area (TPSA) is 86.5 Å². The first kappa shape index (κ1) is 15.7. The molecule has 2 rings (SSSR count). The van der Waals surface area contributed by atoms with Crippen molar-refractivity contribution in [3.8, 4) is 5.75 Å². The zero-order valence-electron chi connectivity index (χ0n) is 10.2. The first-order chi connectivity index (χ1) is 9.81. The van der Waals surface area contributed by atoms with E-state index >= 15 is 0 Å². The van der Waals surface area contributed by atoms with Crippen LogP contribution in [0.4, 0.5) is 5.69 Å².